The van der Waals surface area contributed by atoms with Crippen molar-refractivity contribution in [2.45, 2.75) is 5.03 Å². The highest BCUT2D eigenvalue weighted by Gasteiger charge is 2.21. The van der Waals surface area contributed by atoms with E-state index in [1.165, 1.54) is 24.2 Å². The number of nitrogens with zero attached hydrogens (tertiary/aromatic N) is 5. The van der Waals surface area contributed by atoms with Gasteiger partial charge in [-0.2, -0.15) is 10.5 Å². The zero-order valence-corrected chi connectivity index (χ0v) is 17.3. The first-order chi connectivity index (χ1) is 14.6. The fourth-order valence-electron chi connectivity index (χ4n) is 2.42. The average molecular weight is 420 g/mol. The van der Waals surface area contributed by atoms with Crippen molar-refractivity contribution in [3.63, 3.8) is 0 Å². The van der Waals surface area contributed by atoms with E-state index in [1.54, 1.807) is 25.3 Å². The van der Waals surface area contributed by atoms with Gasteiger partial charge in [-0.15, -0.1) is 0 Å². The number of ether oxygens (including phenoxy) is 2. The Bertz CT molecular complexity index is 1040. The van der Waals surface area contributed by atoms with Gasteiger partial charge in [0.2, 0.25) is 0 Å². The van der Waals surface area contributed by atoms with Gasteiger partial charge in [-0.1, -0.05) is 24.9 Å². The molecule has 2 N–H and O–H groups in total. The lowest BCUT2D eigenvalue weighted by atomic mass is 10.0. The molecule has 0 bridgehead atoms. The molecule has 0 aliphatic rings. The summed E-state index contributed by atoms with van der Waals surface area (Å²) in [5.74, 6) is 0.972. The summed E-state index contributed by atoms with van der Waals surface area (Å²) in [5, 5.41) is 19.8. The lowest BCUT2D eigenvalue weighted by Gasteiger charge is -2.13. The molecule has 152 valence electrons. The third-order valence-corrected chi connectivity index (χ3v) is 4.82. The molecule has 0 atom stereocenters. The Morgan fingerprint density at radius 1 is 1.27 bits per heavy atom. The van der Waals surface area contributed by atoms with Crippen LogP contribution in [0.5, 0.6) is 5.75 Å². The summed E-state index contributed by atoms with van der Waals surface area (Å²) in [6.07, 6.45) is 4.52. The van der Waals surface area contributed by atoms with Crippen molar-refractivity contribution >= 4 is 23.3 Å². The molecule has 0 saturated heterocycles. The molecular formula is C21H20N6O2S. The van der Waals surface area contributed by atoms with Crippen molar-refractivity contribution in [3.05, 3.63) is 54.9 Å². The summed E-state index contributed by atoms with van der Waals surface area (Å²) in [4.78, 5) is 12.7. The van der Waals surface area contributed by atoms with Crippen molar-refractivity contribution in [2.75, 3.05) is 31.8 Å². The van der Waals surface area contributed by atoms with E-state index in [9.17, 15) is 10.5 Å². The molecule has 2 rings (SSSR count). The van der Waals surface area contributed by atoms with Crippen molar-refractivity contribution in [3.8, 4) is 29.1 Å². The third-order valence-electron chi connectivity index (χ3n) is 3.81. The molecule has 0 radical (unpaired) electrons. The number of nitrogens with two attached hydrogens (primary N) is 1. The minimum Gasteiger partial charge on any atom is -0.490 e. The van der Waals surface area contributed by atoms with Crippen LogP contribution in [0.3, 0.4) is 0 Å². The van der Waals surface area contributed by atoms with Gasteiger partial charge in [0.1, 0.15) is 40.9 Å². The molecule has 0 unspecified atom stereocenters. The topological polar surface area (TPSA) is 130 Å². The molecule has 0 aliphatic heterocycles. The fraction of sp³-hybridized carbons (Fsp3) is 0.190. The smallest absolute Gasteiger partial charge is 0.143 e. The molecule has 30 heavy (non-hydrogen) atoms. The van der Waals surface area contributed by atoms with Crippen molar-refractivity contribution in [2.24, 2.45) is 4.99 Å². The quantitative estimate of drug-likeness (QED) is 0.352. The average Bonchev–Trinajstić information content (AvgIpc) is 2.76. The van der Waals surface area contributed by atoms with Gasteiger partial charge in [-0.05, 0) is 18.2 Å². The van der Waals surface area contributed by atoms with E-state index in [4.69, 9.17) is 15.2 Å². The highest BCUT2D eigenvalue weighted by Crippen LogP contribution is 2.35. The minimum absolute atomic E-state index is 0.0250. The van der Waals surface area contributed by atoms with Gasteiger partial charge in [0, 0.05) is 24.6 Å². The summed E-state index contributed by atoms with van der Waals surface area (Å²) in [5.41, 5.74) is 7.74. The molecule has 0 saturated carbocycles. The first-order valence-corrected chi connectivity index (χ1v) is 9.72. The number of methoxy groups -OCH3 is 1. The maximum Gasteiger partial charge on any atom is 0.143 e. The van der Waals surface area contributed by atoms with Crippen LogP contribution >= 0.6 is 11.8 Å². The van der Waals surface area contributed by atoms with Crippen molar-refractivity contribution in [1.29, 1.82) is 10.5 Å². The summed E-state index contributed by atoms with van der Waals surface area (Å²) in [6, 6.07) is 7.53. The van der Waals surface area contributed by atoms with Gasteiger partial charge in [-0.25, -0.2) is 4.98 Å². The Kier molecular flexibility index (Phi) is 8.57. The standard InChI is InChI=1S/C21H20N6O2S/c1-4-14(25-5-2)13-30-21-17(11-23)19(16(10-22)20(24)27-21)18-7-6-15(12-26-18)29-9-8-28-3/h4-7,12H,1-2,8-9,13H2,3H3,(H2,24,27). The van der Waals surface area contributed by atoms with Crippen molar-refractivity contribution < 1.29 is 9.47 Å². The second-order valence-electron chi connectivity index (χ2n) is 5.67. The number of nitriles is 2. The van der Waals surface area contributed by atoms with Gasteiger partial charge < -0.3 is 15.2 Å². The number of nitrogen functional groups attached to an aromatic ring is 1. The van der Waals surface area contributed by atoms with Crippen molar-refractivity contribution in [1.82, 2.24) is 9.97 Å². The highest BCUT2D eigenvalue weighted by molar-refractivity contribution is 8.00. The number of hydrogen-bond acceptors (Lipinski definition) is 9. The second kappa shape index (κ2) is 11.4. The number of anilines is 1. The Balaban J connectivity index is 2.47. The molecule has 0 amide bonds. The number of allylic oxidation sites excluding steroid dienone is 1. The van der Waals surface area contributed by atoms with Crippen LogP contribution in [0.2, 0.25) is 0 Å². The molecule has 0 fully saturated rings. The van der Waals surface area contributed by atoms with E-state index in [1.807, 2.05) is 6.07 Å². The van der Waals surface area contributed by atoms with Gasteiger partial charge in [-0.3, -0.25) is 9.98 Å². The molecule has 0 aromatic carbocycles. The molecule has 2 heterocycles. The fourth-order valence-corrected chi connectivity index (χ4v) is 3.36. The minimum atomic E-state index is 0.0250. The number of thioether (sulfide) groups is 1. The van der Waals surface area contributed by atoms with E-state index < -0.39 is 0 Å². The molecule has 2 aromatic rings. The molecular weight excluding hydrogens is 400 g/mol. The van der Waals surface area contributed by atoms with Gasteiger partial charge in [0.25, 0.3) is 0 Å². The van der Waals surface area contributed by atoms with Crippen LogP contribution in [-0.2, 0) is 4.74 Å². The van der Waals surface area contributed by atoms with E-state index in [0.717, 1.165) is 0 Å². The van der Waals surface area contributed by atoms with E-state index in [0.29, 0.717) is 46.7 Å². The normalized spacial score (nSPS) is 10.7. The number of aromatic nitrogens is 2. The van der Waals surface area contributed by atoms with Gasteiger partial charge >= 0.3 is 0 Å². The van der Waals surface area contributed by atoms with E-state index in [2.05, 4.69) is 34.2 Å². The van der Waals surface area contributed by atoms with Crippen LogP contribution in [0.4, 0.5) is 5.82 Å². The highest BCUT2D eigenvalue weighted by atomic mass is 32.2. The largest absolute Gasteiger partial charge is 0.490 e. The second-order valence-corrected chi connectivity index (χ2v) is 6.63. The number of pyridine rings is 2. The lowest BCUT2D eigenvalue weighted by molar-refractivity contribution is 0.146. The number of hydrogen-bond donors (Lipinski definition) is 1. The third kappa shape index (κ3) is 5.45. The summed E-state index contributed by atoms with van der Waals surface area (Å²) in [7, 11) is 1.59. The van der Waals surface area contributed by atoms with Gasteiger partial charge in [0.15, 0.2) is 0 Å². The molecule has 2 aromatic heterocycles. The number of aliphatic imine (C=N–C) groups is 1. The van der Waals surface area contributed by atoms with Crippen LogP contribution < -0.4 is 10.5 Å². The van der Waals surface area contributed by atoms with Crippen LogP contribution in [0.15, 0.2) is 53.8 Å². The zero-order chi connectivity index (χ0) is 21.9. The maximum atomic E-state index is 9.81. The van der Waals surface area contributed by atoms with Crippen LogP contribution in [0, 0.1) is 22.7 Å². The van der Waals surface area contributed by atoms with Crippen LogP contribution in [0.1, 0.15) is 11.1 Å². The Hall–Kier alpha value is -3.66. The monoisotopic (exact) mass is 420 g/mol. The predicted molar refractivity (Wildman–Crippen MR) is 117 cm³/mol. The van der Waals surface area contributed by atoms with Gasteiger partial charge in [0.05, 0.1) is 29.8 Å². The SMILES string of the molecule is C=CN=C(C=C)CSc1nc(N)c(C#N)c(-c2ccc(OCCOC)cn2)c1C#N. The molecule has 0 aliphatic carbocycles. The van der Waals surface area contributed by atoms with E-state index >= 15 is 0 Å². The zero-order valence-electron chi connectivity index (χ0n) is 16.5. The summed E-state index contributed by atoms with van der Waals surface area (Å²) < 4.78 is 10.5. The predicted octanol–water partition coefficient (Wildman–Crippen LogP) is 3.36. The first kappa shape index (κ1) is 22.6. The molecule has 9 heteroatoms. The number of rotatable bonds is 10. The Labute approximate surface area is 179 Å². The summed E-state index contributed by atoms with van der Waals surface area (Å²) in [6.45, 7) is 8.10. The van der Waals surface area contributed by atoms with E-state index in [-0.39, 0.29) is 16.9 Å². The lowest BCUT2D eigenvalue weighted by Crippen LogP contribution is -2.06. The molecule has 8 nitrogen and oxygen atoms in total. The maximum absolute atomic E-state index is 9.81. The summed E-state index contributed by atoms with van der Waals surface area (Å²) >= 11 is 1.26. The van der Waals surface area contributed by atoms with Crippen LogP contribution in [-0.4, -0.2) is 41.8 Å². The Morgan fingerprint density at radius 2 is 2.03 bits per heavy atom. The Morgan fingerprint density at radius 3 is 2.60 bits per heavy atom. The first-order valence-electron chi connectivity index (χ1n) is 8.74. The molecule has 0 spiro atoms. The van der Waals surface area contributed by atoms with Crippen LogP contribution in [0.25, 0.3) is 11.3 Å².